The number of benzene rings is 1. The predicted molar refractivity (Wildman–Crippen MR) is 99.0 cm³/mol. The molecular formula is C21H26FN3. The summed E-state index contributed by atoms with van der Waals surface area (Å²) in [6, 6.07) is 13.4. The summed E-state index contributed by atoms with van der Waals surface area (Å²) in [5.41, 5.74) is 9.87. The Hall–Kier alpha value is -1.78. The van der Waals surface area contributed by atoms with Gasteiger partial charge >= 0.3 is 0 Å². The van der Waals surface area contributed by atoms with Crippen LogP contribution < -0.4 is 11.1 Å². The highest BCUT2D eigenvalue weighted by Gasteiger charge is 2.40. The van der Waals surface area contributed by atoms with Gasteiger partial charge in [0, 0.05) is 35.8 Å². The van der Waals surface area contributed by atoms with Crippen LogP contribution in [0.2, 0.25) is 0 Å². The van der Waals surface area contributed by atoms with E-state index < -0.39 is 6.67 Å². The molecule has 3 nitrogen and oxygen atoms in total. The van der Waals surface area contributed by atoms with Crippen LogP contribution in [0, 0.1) is 0 Å². The van der Waals surface area contributed by atoms with Gasteiger partial charge in [0.05, 0.1) is 5.69 Å². The Balaban J connectivity index is 1.36. The minimum Gasteiger partial charge on any atom is -0.328 e. The number of alkyl halides is 1. The van der Waals surface area contributed by atoms with E-state index in [0.717, 1.165) is 24.1 Å². The van der Waals surface area contributed by atoms with E-state index in [1.165, 1.54) is 24.8 Å². The molecule has 4 rings (SSSR count). The summed E-state index contributed by atoms with van der Waals surface area (Å²) < 4.78 is 12.8. The molecule has 2 atom stereocenters. The molecule has 0 radical (unpaired) electrons. The van der Waals surface area contributed by atoms with Crippen LogP contribution in [0.1, 0.15) is 49.1 Å². The first-order valence-corrected chi connectivity index (χ1v) is 9.36. The van der Waals surface area contributed by atoms with Crippen LogP contribution >= 0.6 is 0 Å². The average molecular weight is 339 g/mol. The molecule has 0 bridgehead atoms. The van der Waals surface area contributed by atoms with Crippen molar-refractivity contribution >= 4 is 0 Å². The first-order valence-electron chi connectivity index (χ1n) is 9.36. The van der Waals surface area contributed by atoms with Gasteiger partial charge < -0.3 is 11.1 Å². The Morgan fingerprint density at radius 3 is 2.68 bits per heavy atom. The van der Waals surface area contributed by atoms with Crippen LogP contribution in [-0.4, -0.2) is 23.1 Å². The summed E-state index contributed by atoms with van der Waals surface area (Å²) in [5, 5.41) is 3.80. The lowest BCUT2D eigenvalue weighted by Crippen LogP contribution is -2.38. The van der Waals surface area contributed by atoms with Crippen LogP contribution in [0.25, 0.3) is 11.3 Å². The summed E-state index contributed by atoms with van der Waals surface area (Å²) >= 11 is 0. The Kier molecular flexibility index (Phi) is 4.82. The second kappa shape index (κ2) is 7.22. The lowest BCUT2D eigenvalue weighted by Gasteiger charge is -2.27. The quantitative estimate of drug-likeness (QED) is 0.868. The van der Waals surface area contributed by atoms with Crippen molar-refractivity contribution in [3.63, 3.8) is 0 Å². The number of hydrogen-bond donors (Lipinski definition) is 2. The fourth-order valence-electron chi connectivity index (χ4n) is 3.95. The number of pyridine rings is 1. The van der Waals surface area contributed by atoms with Crippen molar-refractivity contribution in [1.29, 1.82) is 0 Å². The highest BCUT2D eigenvalue weighted by atomic mass is 19.1. The van der Waals surface area contributed by atoms with Gasteiger partial charge in [0.2, 0.25) is 0 Å². The van der Waals surface area contributed by atoms with E-state index in [1.807, 2.05) is 24.4 Å². The first kappa shape index (κ1) is 16.7. The van der Waals surface area contributed by atoms with Gasteiger partial charge in [0.15, 0.2) is 0 Å². The molecule has 2 aliphatic rings. The third kappa shape index (κ3) is 3.91. The second-order valence-corrected chi connectivity index (χ2v) is 7.54. The number of nitrogens with two attached hydrogens (primary N) is 1. The SMILES string of the molecule is NC1CCC(N[C@H]2C[C@@H]2c2ccc(-c3cccc(CF)c3)nc2)CC1. The Labute approximate surface area is 148 Å². The highest BCUT2D eigenvalue weighted by Crippen LogP contribution is 2.41. The van der Waals surface area contributed by atoms with E-state index in [1.54, 1.807) is 6.07 Å². The van der Waals surface area contributed by atoms with E-state index in [9.17, 15) is 4.39 Å². The summed E-state index contributed by atoms with van der Waals surface area (Å²) in [5.74, 6) is 0.578. The van der Waals surface area contributed by atoms with Crippen molar-refractivity contribution in [2.24, 2.45) is 5.73 Å². The number of aromatic nitrogens is 1. The van der Waals surface area contributed by atoms with Crippen LogP contribution in [-0.2, 0) is 6.67 Å². The van der Waals surface area contributed by atoms with Crippen LogP contribution in [0.4, 0.5) is 4.39 Å². The number of hydrogen-bond acceptors (Lipinski definition) is 3. The van der Waals surface area contributed by atoms with Crippen LogP contribution in [0.15, 0.2) is 42.6 Å². The van der Waals surface area contributed by atoms with Gasteiger partial charge in [-0.15, -0.1) is 0 Å². The van der Waals surface area contributed by atoms with Gasteiger partial charge in [-0.05, 0) is 55.4 Å². The lowest BCUT2D eigenvalue weighted by atomic mass is 9.92. The molecule has 2 aliphatic carbocycles. The fourth-order valence-corrected chi connectivity index (χ4v) is 3.95. The molecule has 1 heterocycles. The van der Waals surface area contributed by atoms with Gasteiger partial charge in [0.1, 0.15) is 6.67 Å². The largest absolute Gasteiger partial charge is 0.328 e. The van der Waals surface area contributed by atoms with E-state index in [2.05, 4.69) is 22.4 Å². The molecule has 0 amide bonds. The molecule has 132 valence electrons. The highest BCUT2D eigenvalue weighted by molar-refractivity contribution is 5.60. The first-order chi connectivity index (χ1) is 12.2. The zero-order valence-corrected chi connectivity index (χ0v) is 14.5. The maximum Gasteiger partial charge on any atom is 0.115 e. The Morgan fingerprint density at radius 1 is 1.12 bits per heavy atom. The maximum atomic E-state index is 12.8. The fraction of sp³-hybridized carbons (Fsp3) is 0.476. The number of halogens is 1. The van der Waals surface area contributed by atoms with Gasteiger partial charge in [-0.25, -0.2) is 4.39 Å². The molecule has 1 aromatic heterocycles. The minimum atomic E-state index is -0.437. The Morgan fingerprint density at radius 2 is 1.96 bits per heavy atom. The molecule has 4 heteroatoms. The number of rotatable bonds is 5. The third-order valence-electron chi connectivity index (χ3n) is 5.60. The normalized spacial score (nSPS) is 28.7. The third-order valence-corrected chi connectivity index (χ3v) is 5.60. The molecule has 1 aromatic carbocycles. The standard InChI is InChI=1S/C21H26FN3/c22-12-14-2-1-3-15(10-14)20-9-4-16(13-24-20)19-11-21(19)25-18-7-5-17(23)6-8-18/h1-4,9-10,13,17-19,21,25H,5-8,11-12,23H2/t17?,18?,19-,21+/m1/s1. The summed E-state index contributed by atoms with van der Waals surface area (Å²) in [6.07, 6.45) is 7.87. The van der Waals surface area contributed by atoms with Crippen molar-refractivity contribution in [3.05, 3.63) is 53.7 Å². The summed E-state index contributed by atoms with van der Waals surface area (Å²) in [4.78, 5) is 4.61. The smallest absolute Gasteiger partial charge is 0.115 e. The zero-order chi connectivity index (χ0) is 17.2. The zero-order valence-electron chi connectivity index (χ0n) is 14.5. The van der Waals surface area contributed by atoms with E-state index >= 15 is 0 Å². The summed E-state index contributed by atoms with van der Waals surface area (Å²) in [6.45, 7) is -0.437. The maximum absolute atomic E-state index is 12.8. The second-order valence-electron chi connectivity index (χ2n) is 7.54. The van der Waals surface area contributed by atoms with Gasteiger partial charge in [-0.2, -0.15) is 0 Å². The molecule has 2 fully saturated rings. The lowest BCUT2D eigenvalue weighted by molar-refractivity contribution is 0.339. The molecule has 2 saturated carbocycles. The van der Waals surface area contributed by atoms with Crippen molar-refractivity contribution < 1.29 is 4.39 Å². The van der Waals surface area contributed by atoms with E-state index in [0.29, 0.717) is 29.6 Å². The molecule has 25 heavy (non-hydrogen) atoms. The topological polar surface area (TPSA) is 50.9 Å². The molecule has 2 aromatic rings. The molecule has 0 unspecified atom stereocenters. The average Bonchev–Trinajstić information content (AvgIpc) is 3.43. The molecule has 0 aliphatic heterocycles. The summed E-state index contributed by atoms with van der Waals surface area (Å²) in [7, 11) is 0. The molecule has 0 spiro atoms. The van der Waals surface area contributed by atoms with E-state index in [-0.39, 0.29) is 0 Å². The minimum absolute atomic E-state index is 0.403. The number of nitrogens with zero attached hydrogens (tertiary/aromatic N) is 1. The Bertz CT molecular complexity index is 707. The van der Waals surface area contributed by atoms with Crippen molar-refractivity contribution in [3.8, 4) is 11.3 Å². The van der Waals surface area contributed by atoms with Crippen molar-refractivity contribution in [1.82, 2.24) is 10.3 Å². The monoisotopic (exact) mass is 339 g/mol. The van der Waals surface area contributed by atoms with Crippen molar-refractivity contribution in [2.75, 3.05) is 0 Å². The van der Waals surface area contributed by atoms with Crippen molar-refractivity contribution in [2.45, 2.75) is 62.8 Å². The molecule has 0 saturated heterocycles. The molecular weight excluding hydrogens is 313 g/mol. The van der Waals surface area contributed by atoms with Crippen LogP contribution in [0.3, 0.4) is 0 Å². The van der Waals surface area contributed by atoms with Gasteiger partial charge in [-0.1, -0.05) is 24.3 Å². The van der Waals surface area contributed by atoms with Gasteiger partial charge in [0.25, 0.3) is 0 Å². The predicted octanol–water partition coefficient (Wildman–Crippen LogP) is 3.93. The molecule has 3 N–H and O–H groups in total. The van der Waals surface area contributed by atoms with E-state index in [4.69, 9.17) is 5.73 Å². The van der Waals surface area contributed by atoms with Gasteiger partial charge in [-0.3, -0.25) is 4.98 Å². The van der Waals surface area contributed by atoms with Crippen LogP contribution in [0.5, 0.6) is 0 Å². The number of nitrogens with one attached hydrogen (secondary N) is 1.